The predicted molar refractivity (Wildman–Crippen MR) is 109 cm³/mol. The highest BCUT2D eigenvalue weighted by atomic mass is 19.1. The molecule has 1 amide bonds. The Morgan fingerprint density at radius 2 is 2.03 bits per heavy atom. The summed E-state index contributed by atoms with van der Waals surface area (Å²) in [7, 11) is 0. The Hall–Kier alpha value is -3.01. The summed E-state index contributed by atoms with van der Waals surface area (Å²) in [5, 5.41) is 8.93. The highest BCUT2D eigenvalue weighted by molar-refractivity contribution is 5.85. The number of fused-ring (bicyclic) bond motifs is 1. The van der Waals surface area contributed by atoms with Gasteiger partial charge in [-0.1, -0.05) is 12.1 Å². The van der Waals surface area contributed by atoms with Crippen molar-refractivity contribution < 1.29 is 13.6 Å². The lowest BCUT2D eigenvalue weighted by atomic mass is 9.68. The van der Waals surface area contributed by atoms with Gasteiger partial charge in [-0.25, -0.2) is 8.78 Å². The van der Waals surface area contributed by atoms with Crippen molar-refractivity contribution >= 4 is 5.91 Å². The molecule has 7 heteroatoms. The molecule has 31 heavy (non-hydrogen) atoms. The molecule has 160 valence electrons. The van der Waals surface area contributed by atoms with Crippen molar-refractivity contribution in [2.45, 2.75) is 44.4 Å². The Morgan fingerprint density at radius 3 is 2.74 bits per heavy atom. The van der Waals surface area contributed by atoms with Crippen LogP contribution < -0.4 is 5.56 Å². The highest BCUT2D eigenvalue weighted by Crippen LogP contribution is 2.63. The van der Waals surface area contributed by atoms with E-state index in [-0.39, 0.29) is 36.2 Å². The zero-order valence-corrected chi connectivity index (χ0v) is 17.0. The van der Waals surface area contributed by atoms with E-state index in [0.717, 1.165) is 12.8 Å². The summed E-state index contributed by atoms with van der Waals surface area (Å²) in [5.41, 5.74) is 0.261. The normalized spacial score (nSPS) is 31.3. The summed E-state index contributed by atoms with van der Waals surface area (Å²) < 4.78 is 29.6. The molecule has 1 aromatic heterocycles. The van der Waals surface area contributed by atoms with E-state index in [1.54, 1.807) is 33.9 Å². The van der Waals surface area contributed by atoms with Crippen LogP contribution in [0.5, 0.6) is 0 Å². The lowest BCUT2D eigenvalue weighted by Gasteiger charge is -2.41. The Balaban J connectivity index is 1.33. The van der Waals surface area contributed by atoms with Crippen LogP contribution in [-0.2, 0) is 11.3 Å². The number of nitriles is 1. The van der Waals surface area contributed by atoms with Crippen LogP contribution >= 0.6 is 0 Å². The van der Waals surface area contributed by atoms with E-state index >= 15 is 0 Å². The molecule has 2 bridgehead atoms. The topological polar surface area (TPSA) is 66.1 Å². The summed E-state index contributed by atoms with van der Waals surface area (Å²) in [4.78, 5) is 27.4. The van der Waals surface area contributed by atoms with Gasteiger partial charge < -0.3 is 9.47 Å². The first kappa shape index (κ1) is 19.9. The van der Waals surface area contributed by atoms with Crippen molar-refractivity contribution in [3.63, 3.8) is 0 Å². The van der Waals surface area contributed by atoms with Crippen LogP contribution in [0.25, 0.3) is 0 Å². The number of hydrogen-bond donors (Lipinski definition) is 0. The van der Waals surface area contributed by atoms with Crippen LogP contribution in [0.15, 0.2) is 47.4 Å². The van der Waals surface area contributed by atoms with Gasteiger partial charge in [0.05, 0.1) is 29.6 Å². The number of pyridine rings is 1. The quantitative estimate of drug-likeness (QED) is 0.755. The second-order valence-electron chi connectivity index (χ2n) is 9.29. The number of aromatic nitrogens is 1. The van der Waals surface area contributed by atoms with E-state index < -0.39 is 17.6 Å². The molecule has 1 saturated heterocycles. The number of alkyl halides is 1. The van der Waals surface area contributed by atoms with Gasteiger partial charge in [0.2, 0.25) is 5.91 Å². The van der Waals surface area contributed by atoms with Crippen molar-refractivity contribution in [1.82, 2.24) is 9.47 Å². The third kappa shape index (κ3) is 3.34. The lowest BCUT2D eigenvalue weighted by Crippen LogP contribution is -2.46. The minimum absolute atomic E-state index is 0.0344. The molecule has 0 N–H and O–H groups in total. The summed E-state index contributed by atoms with van der Waals surface area (Å²) in [6, 6.07) is 10.6. The number of carbonyl (C=O) groups excluding carboxylic acids is 1. The van der Waals surface area contributed by atoms with Gasteiger partial charge >= 0.3 is 0 Å². The van der Waals surface area contributed by atoms with Gasteiger partial charge in [0, 0.05) is 25.2 Å². The van der Waals surface area contributed by atoms with Gasteiger partial charge in [-0.2, -0.15) is 5.26 Å². The predicted octanol–water partition coefficient (Wildman–Crippen LogP) is 3.59. The molecule has 3 unspecified atom stereocenters. The molecular formula is C24H23F2N3O2. The molecule has 4 fully saturated rings. The van der Waals surface area contributed by atoms with Crippen LogP contribution in [0.1, 0.15) is 42.9 Å². The zero-order valence-electron chi connectivity index (χ0n) is 17.0. The molecule has 3 aliphatic carbocycles. The minimum atomic E-state index is -1.11. The molecule has 0 radical (unpaired) electrons. The van der Waals surface area contributed by atoms with E-state index in [2.05, 4.69) is 0 Å². The Kier molecular flexibility index (Phi) is 4.69. The number of hydrogen-bond acceptors (Lipinski definition) is 3. The third-order valence-electron chi connectivity index (χ3n) is 7.38. The van der Waals surface area contributed by atoms with Crippen molar-refractivity contribution in [3.8, 4) is 6.07 Å². The molecule has 4 aliphatic rings. The Bertz CT molecular complexity index is 1130. The fraction of sp³-hybridized carbons (Fsp3) is 0.458. The van der Waals surface area contributed by atoms with Crippen LogP contribution in [0.3, 0.4) is 0 Å². The fourth-order valence-electron chi connectivity index (χ4n) is 5.91. The molecule has 2 aromatic rings. The molecule has 1 aromatic carbocycles. The van der Waals surface area contributed by atoms with E-state index in [9.17, 15) is 18.4 Å². The number of benzene rings is 1. The summed E-state index contributed by atoms with van der Waals surface area (Å²) in [6.07, 6.45) is 2.90. The van der Waals surface area contributed by atoms with E-state index in [0.29, 0.717) is 30.0 Å². The molecule has 2 heterocycles. The second kappa shape index (κ2) is 7.30. The van der Waals surface area contributed by atoms with Gasteiger partial charge in [0.1, 0.15) is 12.0 Å². The maximum absolute atomic E-state index is 14.3. The van der Waals surface area contributed by atoms with Crippen molar-refractivity contribution in [1.29, 1.82) is 5.26 Å². The summed E-state index contributed by atoms with van der Waals surface area (Å²) in [6.45, 7) is 0.565. The average Bonchev–Trinajstić information content (AvgIpc) is 3.39. The number of amides is 1. The summed E-state index contributed by atoms with van der Waals surface area (Å²) >= 11 is 0. The number of nitrogens with zero attached hydrogens (tertiary/aromatic N) is 3. The SMILES string of the molecule is N#Cc1ccn(CC2CC3(C(=O)N4CC(F)CC4c4cccc(F)c4)CC2C3)c(=O)c1. The van der Waals surface area contributed by atoms with Crippen molar-refractivity contribution in [2.24, 2.45) is 17.3 Å². The van der Waals surface area contributed by atoms with Gasteiger partial charge in [0.15, 0.2) is 0 Å². The Labute approximate surface area is 178 Å². The van der Waals surface area contributed by atoms with Gasteiger partial charge in [-0.05, 0) is 54.9 Å². The first-order valence-corrected chi connectivity index (χ1v) is 10.7. The molecule has 1 aliphatic heterocycles. The minimum Gasteiger partial charge on any atom is -0.332 e. The molecular weight excluding hydrogens is 400 g/mol. The number of carbonyl (C=O) groups is 1. The molecule has 0 spiro atoms. The lowest BCUT2D eigenvalue weighted by molar-refractivity contribution is -0.147. The standard InChI is InChI=1S/C24H23F2N3O2/c25-19-3-1-2-16(7-19)21-8-20(26)14-29(21)23(31)24-9-17(10-24)18(11-24)13-28-5-4-15(12-27)6-22(28)30/h1-7,17-18,20-21H,8-11,13-14H2. The van der Waals surface area contributed by atoms with Crippen molar-refractivity contribution in [2.75, 3.05) is 6.54 Å². The van der Waals surface area contributed by atoms with Crippen molar-refractivity contribution in [3.05, 3.63) is 69.9 Å². The van der Waals surface area contributed by atoms with Crippen LogP contribution in [0, 0.1) is 34.4 Å². The first-order valence-electron chi connectivity index (χ1n) is 10.7. The Morgan fingerprint density at radius 1 is 1.23 bits per heavy atom. The highest BCUT2D eigenvalue weighted by Gasteiger charge is 2.62. The molecule has 6 rings (SSSR count). The summed E-state index contributed by atoms with van der Waals surface area (Å²) in [5.74, 6) is 0.143. The van der Waals surface area contributed by atoms with E-state index in [1.807, 2.05) is 6.07 Å². The number of rotatable bonds is 4. The second-order valence-corrected chi connectivity index (χ2v) is 9.29. The van der Waals surface area contributed by atoms with Crippen LogP contribution in [-0.4, -0.2) is 28.1 Å². The molecule has 3 saturated carbocycles. The maximum atomic E-state index is 14.3. The van der Waals surface area contributed by atoms with E-state index in [4.69, 9.17) is 5.26 Å². The number of halogens is 2. The fourth-order valence-corrected chi connectivity index (χ4v) is 5.91. The maximum Gasteiger partial charge on any atom is 0.251 e. The monoisotopic (exact) mass is 423 g/mol. The third-order valence-corrected chi connectivity index (χ3v) is 7.38. The molecule has 5 nitrogen and oxygen atoms in total. The largest absolute Gasteiger partial charge is 0.332 e. The van der Waals surface area contributed by atoms with Gasteiger partial charge in [-0.15, -0.1) is 0 Å². The van der Waals surface area contributed by atoms with Gasteiger partial charge in [-0.3, -0.25) is 9.59 Å². The van der Waals surface area contributed by atoms with Crippen LogP contribution in [0.4, 0.5) is 8.78 Å². The van der Waals surface area contributed by atoms with E-state index in [1.165, 1.54) is 18.2 Å². The van der Waals surface area contributed by atoms with Gasteiger partial charge in [0.25, 0.3) is 5.56 Å². The first-order chi connectivity index (χ1) is 14.9. The average molecular weight is 423 g/mol. The van der Waals surface area contributed by atoms with Crippen LogP contribution in [0.2, 0.25) is 0 Å². The number of likely N-dealkylation sites (tertiary alicyclic amines) is 1. The molecule has 3 atom stereocenters. The smallest absolute Gasteiger partial charge is 0.251 e. The zero-order chi connectivity index (χ0) is 21.8.